The summed E-state index contributed by atoms with van der Waals surface area (Å²) in [6.45, 7) is 4.01. The van der Waals surface area contributed by atoms with Crippen LogP contribution in [0.4, 0.5) is 5.69 Å². The van der Waals surface area contributed by atoms with Crippen molar-refractivity contribution < 1.29 is 4.74 Å². The molecule has 2 N–H and O–H groups in total. The van der Waals surface area contributed by atoms with E-state index in [0.29, 0.717) is 0 Å². The van der Waals surface area contributed by atoms with Gasteiger partial charge < -0.3 is 10.5 Å². The molecule has 0 spiro atoms. The third-order valence-electron chi connectivity index (χ3n) is 2.46. The van der Waals surface area contributed by atoms with E-state index < -0.39 is 0 Å². The molecule has 0 aliphatic heterocycles. The van der Waals surface area contributed by atoms with E-state index in [4.69, 9.17) is 10.5 Å². The van der Waals surface area contributed by atoms with Crippen molar-refractivity contribution in [3.8, 4) is 17.6 Å². The lowest BCUT2D eigenvalue weighted by atomic mass is 10.1. The van der Waals surface area contributed by atoms with Crippen LogP contribution >= 0.6 is 0 Å². The van der Waals surface area contributed by atoms with Crippen LogP contribution < -0.4 is 10.5 Å². The molecule has 0 atom stereocenters. The van der Waals surface area contributed by atoms with Crippen LogP contribution in [0.2, 0.25) is 0 Å². The molecule has 2 rings (SSSR count). The van der Waals surface area contributed by atoms with Crippen molar-refractivity contribution in [1.29, 1.82) is 0 Å². The predicted octanol–water partition coefficient (Wildman–Crippen LogP) is 3.46. The Labute approximate surface area is 114 Å². The summed E-state index contributed by atoms with van der Waals surface area (Å²) in [5.41, 5.74) is 8.31. The molecule has 0 aliphatic rings. The molecule has 0 aliphatic carbocycles. The van der Waals surface area contributed by atoms with E-state index in [9.17, 15) is 0 Å². The third-order valence-corrected chi connectivity index (χ3v) is 2.46. The molecule has 0 heterocycles. The standard InChI is InChI=1S/C17H17NO/c1-13(2)19-17-10-8-14(9-11-17)6-7-15-4-3-5-16(18)12-15/h3-5,8-13H,18H2,1-2H3. The zero-order valence-corrected chi connectivity index (χ0v) is 11.2. The van der Waals surface area contributed by atoms with Crippen LogP contribution in [0.15, 0.2) is 48.5 Å². The number of hydrogen-bond donors (Lipinski definition) is 1. The number of benzene rings is 2. The maximum Gasteiger partial charge on any atom is 0.119 e. The Morgan fingerprint density at radius 2 is 1.63 bits per heavy atom. The second-order valence-corrected chi connectivity index (χ2v) is 4.57. The van der Waals surface area contributed by atoms with Crippen molar-refractivity contribution in [2.45, 2.75) is 20.0 Å². The fraction of sp³-hybridized carbons (Fsp3) is 0.176. The van der Waals surface area contributed by atoms with Gasteiger partial charge in [0, 0.05) is 16.8 Å². The maximum absolute atomic E-state index is 5.71. The van der Waals surface area contributed by atoms with E-state index in [-0.39, 0.29) is 6.10 Å². The van der Waals surface area contributed by atoms with Gasteiger partial charge in [-0.3, -0.25) is 0 Å². The topological polar surface area (TPSA) is 35.2 Å². The Balaban J connectivity index is 2.12. The molecule has 0 fully saturated rings. The van der Waals surface area contributed by atoms with Crippen LogP contribution in [-0.2, 0) is 0 Å². The second kappa shape index (κ2) is 5.97. The van der Waals surface area contributed by atoms with E-state index in [0.717, 1.165) is 22.6 Å². The highest BCUT2D eigenvalue weighted by molar-refractivity contribution is 5.50. The van der Waals surface area contributed by atoms with Crippen molar-refractivity contribution in [1.82, 2.24) is 0 Å². The fourth-order valence-corrected chi connectivity index (χ4v) is 1.65. The minimum Gasteiger partial charge on any atom is -0.491 e. The highest BCUT2D eigenvalue weighted by Gasteiger charge is 1.96. The number of nitrogens with two attached hydrogens (primary N) is 1. The molecule has 2 heteroatoms. The van der Waals surface area contributed by atoms with Crippen molar-refractivity contribution in [3.05, 3.63) is 59.7 Å². The molecular weight excluding hydrogens is 234 g/mol. The highest BCUT2D eigenvalue weighted by Crippen LogP contribution is 2.13. The summed E-state index contributed by atoms with van der Waals surface area (Å²) in [6, 6.07) is 15.3. The SMILES string of the molecule is CC(C)Oc1ccc(C#Cc2cccc(N)c2)cc1. The first kappa shape index (κ1) is 13.0. The minimum absolute atomic E-state index is 0.184. The van der Waals surface area contributed by atoms with Gasteiger partial charge in [0.1, 0.15) is 5.75 Å². The Kier molecular flexibility index (Phi) is 4.10. The van der Waals surface area contributed by atoms with Crippen LogP contribution in [0.3, 0.4) is 0 Å². The van der Waals surface area contributed by atoms with E-state index in [1.807, 2.05) is 62.4 Å². The number of nitrogen functional groups attached to an aromatic ring is 1. The summed E-state index contributed by atoms with van der Waals surface area (Å²) >= 11 is 0. The van der Waals surface area contributed by atoms with Gasteiger partial charge in [-0.05, 0) is 56.3 Å². The molecule has 2 aromatic carbocycles. The summed E-state index contributed by atoms with van der Waals surface area (Å²) in [4.78, 5) is 0. The first-order valence-corrected chi connectivity index (χ1v) is 6.28. The Hall–Kier alpha value is -2.40. The first-order valence-electron chi connectivity index (χ1n) is 6.28. The second-order valence-electron chi connectivity index (χ2n) is 4.57. The van der Waals surface area contributed by atoms with Gasteiger partial charge in [0.15, 0.2) is 0 Å². The zero-order chi connectivity index (χ0) is 13.7. The molecular formula is C17H17NO. The molecule has 0 radical (unpaired) electrons. The quantitative estimate of drug-likeness (QED) is 0.655. The lowest BCUT2D eigenvalue weighted by molar-refractivity contribution is 0.242. The minimum atomic E-state index is 0.184. The van der Waals surface area contributed by atoms with Crippen LogP contribution in [0.1, 0.15) is 25.0 Å². The molecule has 0 bridgehead atoms. The smallest absolute Gasteiger partial charge is 0.119 e. The summed E-state index contributed by atoms with van der Waals surface area (Å²) in [5, 5.41) is 0. The average Bonchev–Trinajstić information content (AvgIpc) is 2.37. The van der Waals surface area contributed by atoms with Gasteiger partial charge in [-0.1, -0.05) is 17.9 Å². The highest BCUT2D eigenvalue weighted by atomic mass is 16.5. The van der Waals surface area contributed by atoms with Crippen LogP contribution in [0, 0.1) is 11.8 Å². The molecule has 96 valence electrons. The predicted molar refractivity (Wildman–Crippen MR) is 79.0 cm³/mol. The normalized spacial score (nSPS) is 9.84. The molecule has 0 unspecified atom stereocenters. The number of anilines is 1. The summed E-state index contributed by atoms with van der Waals surface area (Å²) in [6.07, 6.45) is 0.184. The lowest BCUT2D eigenvalue weighted by Crippen LogP contribution is -2.05. The molecule has 0 saturated heterocycles. The van der Waals surface area contributed by atoms with Crippen molar-refractivity contribution in [2.75, 3.05) is 5.73 Å². The fourth-order valence-electron chi connectivity index (χ4n) is 1.65. The Morgan fingerprint density at radius 3 is 2.26 bits per heavy atom. The molecule has 2 nitrogen and oxygen atoms in total. The summed E-state index contributed by atoms with van der Waals surface area (Å²) in [5.74, 6) is 7.06. The van der Waals surface area contributed by atoms with Crippen LogP contribution in [-0.4, -0.2) is 6.10 Å². The summed E-state index contributed by atoms with van der Waals surface area (Å²) in [7, 11) is 0. The van der Waals surface area contributed by atoms with Crippen LogP contribution in [0.25, 0.3) is 0 Å². The van der Waals surface area contributed by atoms with Crippen LogP contribution in [0.5, 0.6) is 5.75 Å². The van der Waals surface area contributed by atoms with Gasteiger partial charge in [-0.15, -0.1) is 0 Å². The van der Waals surface area contributed by atoms with E-state index in [2.05, 4.69) is 11.8 Å². The first-order chi connectivity index (χ1) is 9.13. The van der Waals surface area contributed by atoms with Crippen molar-refractivity contribution in [2.24, 2.45) is 0 Å². The lowest BCUT2D eigenvalue weighted by Gasteiger charge is -2.08. The van der Waals surface area contributed by atoms with Gasteiger partial charge in [0.25, 0.3) is 0 Å². The van der Waals surface area contributed by atoms with Gasteiger partial charge in [0.2, 0.25) is 0 Å². The average molecular weight is 251 g/mol. The Bertz CT molecular complexity index is 603. The zero-order valence-electron chi connectivity index (χ0n) is 11.2. The van der Waals surface area contributed by atoms with Crippen molar-refractivity contribution in [3.63, 3.8) is 0 Å². The number of rotatable bonds is 2. The third kappa shape index (κ3) is 4.08. The van der Waals surface area contributed by atoms with E-state index >= 15 is 0 Å². The number of hydrogen-bond acceptors (Lipinski definition) is 2. The largest absolute Gasteiger partial charge is 0.491 e. The van der Waals surface area contributed by atoms with Gasteiger partial charge >= 0.3 is 0 Å². The van der Waals surface area contributed by atoms with Gasteiger partial charge in [-0.25, -0.2) is 0 Å². The molecule has 2 aromatic rings. The van der Waals surface area contributed by atoms with E-state index in [1.54, 1.807) is 0 Å². The molecule has 19 heavy (non-hydrogen) atoms. The van der Waals surface area contributed by atoms with Gasteiger partial charge in [-0.2, -0.15) is 0 Å². The summed E-state index contributed by atoms with van der Waals surface area (Å²) < 4.78 is 5.58. The molecule has 0 amide bonds. The van der Waals surface area contributed by atoms with E-state index in [1.165, 1.54) is 0 Å². The molecule has 0 aromatic heterocycles. The maximum atomic E-state index is 5.71. The van der Waals surface area contributed by atoms with Crippen molar-refractivity contribution >= 4 is 5.69 Å². The monoisotopic (exact) mass is 251 g/mol. The number of ether oxygens (including phenoxy) is 1. The van der Waals surface area contributed by atoms with Gasteiger partial charge in [0.05, 0.1) is 6.10 Å². The molecule has 0 saturated carbocycles. The Morgan fingerprint density at radius 1 is 0.947 bits per heavy atom.